The lowest BCUT2D eigenvalue weighted by Gasteiger charge is -2.16. The van der Waals surface area contributed by atoms with Gasteiger partial charge >= 0.3 is 5.97 Å². The van der Waals surface area contributed by atoms with E-state index in [0.717, 1.165) is 5.56 Å². The molecule has 0 fully saturated rings. The van der Waals surface area contributed by atoms with Crippen LogP contribution < -0.4 is 5.32 Å². The van der Waals surface area contributed by atoms with Gasteiger partial charge < -0.3 is 10.1 Å². The quantitative estimate of drug-likeness (QED) is 0.490. The molecule has 5 nitrogen and oxygen atoms in total. The van der Waals surface area contributed by atoms with Crippen molar-refractivity contribution in [1.82, 2.24) is 5.32 Å². The molecule has 1 rings (SSSR count). The summed E-state index contributed by atoms with van der Waals surface area (Å²) in [6, 6.07) is 7.95. The Morgan fingerprint density at radius 2 is 1.76 bits per heavy atom. The molecular formula is C16H19NO4. The molecule has 0 heterocycles. The van der Waals surface area contributed by atoms with Gasteiger partial charge in [-0.3, -0.25) is 9.59 Å². The second-order valence-corrected chi connectivity index (χ2v) is 4.77. The minimum Gasteiger partial charge on any atom is -0.467 e. The summed E-state index contributed by atoms with van der Waals surface area (Å²) in [5, 5.41) is 2.37. The number of hydrogen-bond acceptors (Lipinski definition) is 4. The van der Waals surface area contributed by atoms with Crippen molar-refractivity contribution in [1.29, 1.82) is 0 Å². The highest BCUT2D eigenvalue weighted by atomic mass is 16.5. The van der Waals surface area contributed by atoms with Crippen LogP contribution in [0.15, 0.2) is 36.4 Å². The summed E-state index contributed by atoms with van der Waals surface area (Å²) in [7, 11) is 1.18. The largest absolute Gasteiger partial charge is 0.467 e. The van der Waals surface area contributed by atoms with E-state index in [9.17, 15) is 14.4 Å². The van der Waals surface area contributed by atoms with Gasteiger partial charge in [-0.2, -0.15) is 0 Å². The molecule has 1 N–H and O–H groups in total. The van der Waals surface area contributed by atoms with Crippen LogP contribution in [-0.4, -0.2) is 30.8 Å². The molecule has 0 aliphatic carbocycles. The van der Waals surface area contributed by atoms with Gasteiger partial charge in [0.15, 0.2) is 11.8 Å². The SMILES string of the molecule is COC(=O)C(NC(=O)/C=C/c1ccccc1)C(=O)C(C)C. The average Bonchev–Trinajstić information content (AvgIpc) is 2.50. The summed E-state index contributed by atoms with van der Waals surface area (Å²) < 4.78 is 4.55. The van der Waals surface area contributed by atoms with E-state index in [0.29, 0.717) is 0 Å². The number of benzene rings is 1. The zero-order valence-electron chi connectivity index (χ0n) is 12.3. The molecule has 1 aromatic rings. The van der Waals surface area contributed by atoms with Crippen LogP contribution in [-0.2, 0) is 19.1 Å². The normalized spacial score (nSPS) is 12.2. The maximum Gasteiger partial charge on any atom is 0.336 e. The average molecular weight is 289 g/mol. The Morgan fingerprint density at radius 3 is 2.29 bits per heavy atom. The van der Waals surface area contributed by atoms with E-state index < -0.39 is 17.9 Å². The van der Waals surface area contributed by atoms with Gasteiger partial charge in [-0.15, -0.1) is 0 Å². The highest BCUT2D eigenvalue weighted by Crippen LogP contribution is 2.03. The lowest BCUT2D eigenvalue weighted by atomic mass is 10.0. The Kier molecular flexibility index (Phi) is 6.33. The van der Waals surface area contributed by atoms with Gasteiger partial charge in [-0.1, -0.05) is 44.2 Å². The number of hydrogen-bond donors (Lipinski definition) is 1. The van der Waals surface area contributed by atoms with Crippen molar-refractivity contribution in [3.05, 3.63) is 42.0 Å². The minimum absolute atomic E-state index is 0.382. The summed E-state index contributed by atoms with van der Waals surface area (Å²) in [4.78, 5) is 35.3. The van der Waals surface area contributed by atoms with E-state index in [1.807, 2.05) is 30.3 Å². The van der Waals surface area contributed by atoms with Crippen LogP contribution in [0.25, 0.3) is 6.08 Å². The Balaban J connectivity index is 2.75. The third-order valence-corrected chi connectivity index (χ3v) is 2.80. The van der Waals surface area contributed by atoms with E-state index >= 15 is 0 Å². The Bertz CT molecular complexity index is 534. The number of carbonyl (C=O) groups is 3. The van der Waals surface area contributed by atoms with Crippen LogP contribution in [0, 0.1) is 5.92 Å². The van der Waals surface area contributed by atoms with E-state index in [4.69, 9.17) is 0 Å². The van der Waals surface area contributed by atoms with Crippen molar-refractivity contribution < 1.29 is 19.1 Å². The standard InChI is InChI=1S/C16H19NO4/c1-11(2)15(19)14(16(20)21-3)17-13(18)10-9-12-7-5-4-6-8-12/h4-11,14H,1-3H3,(H,17,18)/b10-9+. The summed E-state index contributed by atoms with van der Waals surface area (Å²) in [6.45, 7) is 3.31. The van der Waals surface area contributed by atoms with Gasteiger partial charge in [0.05, 0.1) is 7.11 Å². The van der Waals surface area contributed by atoms with E-state index in [-0.39, 0.29) is 11.7 Å². The summed E-state index contributed by atoms with van der Waals surface area (Å²) in [5.41, 5.74) is 0.845. The molecule has 0 aliphatic heterocycles. The number of methoxy groups -OCH3 is 1. The van der Waals surface area contributed by atoms with Crippen molar-refractivity contribution in [2.24, 2.45) is 5.92 Å². The number of rotatable bonds is 6. The van der Waals surface area contributed by atoms with Gasteiger partial charge in [0, 0.05) is 12.0 Å². The monoisotopic (exact) mass is 289 g/mol. The van der Waals surface area contributed by atoms with Crippen LogP contribution in [0.5, 0.6) is 0 Å². The molecular weight excluding hydrogens is 270 g/mol. The molecule has 0 aliphatic rings. The molecule has 5 heteroatoms. The van der Waals surface area contributed by atoms with E-state index in [1.54, 1.807) is 19.9 Å². The molecule has 1 atom stereocenters. The lowest BCUT2D eigenvalue weighted by molar-refractivity contribution is -0.148. The van der Waals surface area contributed by atoms with Crippen LogP contribution >= 0.6 is 0 Å². The third kappa shape index (κ3) is 5.22. The molecule has 21 heavy (non-hydrogen) atoms. The number of nitrogens with one attached hydrogen (secondary N) is 1. The molecule has 1 unspecified atom stereocenters. The lowest BCUT2D eigenvalue weighted by Crippen LogP contribution is -2.48. The number of carbonyl (C=O) groups excluding carboxylic acids is 3. The van der Waals surface area contributed by atoms with Crippen LogP contribution in [0.4, 0.5) is 0 Å². The number of ketones is 1. The number of Topliss-reactive ketones (excluding diaryl/α,β-unsaturated/α-hetero) is 1. The molecule has 0 spiro atoms. The molecule has 0 saturated heterocycles. The first kappa shape index (κ1) is 16.6. The van der Waals surface area contributed by atoms with Crippen LogP contribution in [0.1, 0.15) is 19.4 Å². The van der Waals surface area contributed by atoms with Crippen molar-refractivity contribution >= 4 is 23.7 Å². The fourth-order valence-corrected chi connectivity index (χ4v) is 1.62. The zero-order valence-corrected chi connectivity index (χ0v) is 12.3. The van der Waals surface area contributed by atoms with Crippen molar-refractivity contribution in [2.45, 2.75) is 19.9 Å². The highest BCUT2D eigenvalue weighted by molar-refractivity contribution is 6.08. The highest BCUT2D eigenvalue weighted by Gasteiger charge is 2.30. The first-order valence-corrected chi connectivity index (χ1v) is 6.61. The number of amides is 1. The Morgan fingerprint density at radius 1 is 1.14 bits per heavy atom. The second kappa shape index (κ2) is 7.99. The van der Waals surface area contributed by atoms with Gasteiger partial charge in [0.1, 0.15) is 0 Å². The molecule has 112 valence electrons. The molecule has 0 saturated carbocycles. The number of esters is 1. The fraction of sp³-hybridized carbons (Fsp3) is 0.312. The van der Waals surface area contributed by atoms with Gasteiger partial charge in [-0.25, -0.2) is 4.79 Å². The smallest absolute Gasteiger partial charge is 0.336 e. The molecule has 0 bridgehead atoms. The first-order valence-electron chi connectivity index (χ1n) is 6.61. The van der Waals surface area contributed by atoms with Crippen molar-refractivity contribution in [3.63, 3.8) is 0 Å². The second-order valence-electron chi connectivity index (χ2n) is 4.77. The fourth-order valence-electron chi connectivity index (χ4n) is 1.62. The molecule has 0 radical (unpaired) electrons. The predicted molar refractivity (Wildman–Crippen MR) is 79.3 cm³/mol. The summed E-state index contributed by atoms with van der Waals surface area (Å²) >= 11 is 0. The van der Waals surface area contributed by atoms with Gasteiger partial charge in [-0.05, 0) is 11.6 Å². The topological polar surface area (TPSA) is 72.5 Å². The zero-order chi connectivity index (χ0) is 15.8. The maximum absolute atomic E-state index is 11.9. The number of ether oxygens (including phenoxy) is 1. The van der Waals surface area contributed by atoms with E-state index in [2.05, 4.69) is 10.1 Å². The van der Waals surface area contributed by atoms with Crippen molar-refractivity contribution in [3.8, 4) is 0 Å². The molecule has 1 amide bonds. The van der Waals surface area contributed by atoms with Crippen LogP contribution in [0.2, 0.25) is 0 Å². The minimum atomic E-state index is -1.28. The molecule has 1 aromatic carbocycles. The summed E-state index contributed by atoms with van der Waals surface area (Å²) in [5.74, 6) is -2.06. The summed E-state index contributed by atoms with van der Waals surface area (Å²) in [6.07, 6.45) is 2.88. The van der Waals surface area contributed by atoms with Gasteiger partial charge in [0.25, 0.3) is 0 Å². The predicted octanol–water partition coefficient (Wildman–Crippen LogP) is 1.58. The first-order chi connectivity index (χ1) is 9.95. The van der Waals surface area contributed by atoms with Crippen molar-refractivity contribution in [2.75, 3.05) is 7.11 Å². The van der Waals surface area contributed by atoms with E-state index in [1.165, 1.54) is 13.2 Å². The van der Waals surface area contributed by atoms with Crippen LogP contribution in [0.3, 0.4) is 0 Å². The Labute approximate surface area is 124 Å². The van der Waals surface area contributed by atoms with Gasteiger partial charge in [0.2, 0.25) is 5.91 Å². The molecule has 0 aromatic heterocycles. The Hall–Kier alpha value is -2.43. The third-order valence-electron chi connectivity index (χ3n) is 2.80. The maximum atomic E-state index is 11.9.